The van der Waals surface area contributed by atoms with Gasteiger partial charge < -0.3 is 10.5 Å². The van der Waals surface area contributed by atoms with E-state index in [9.17, 15) is 4.79 Å². The van der Waals surface area contributed by atoms with Crippen LogP contribution in [0.4, 0.5) is 5.69 Å². The molecule has 0 spiro atoms. The number of carbonyl (C=O) groups excluding carboxylic acids is 1. The SMILES string of the molecule is COC(=O)c1cc(N)cc(Cl)c1Sc1cccc(Cl)c1. The van der Waals surface area contributed by atoms with Crippen molar-refractivity contribution in [3.05, 3.63) is 52.0 Å². The van der Waals surface area contributed by atoms with Gasteiger partial charge in [0.2, 0.25) is 0 Å². The molecule has 6 heteroatoms. The fourth-order valence-corrected chi connectivity index (χ4v) is 3.20. The van der Waals surface area contributed by atoms with E-state index in [0.717, 1.165) is 4.90 Å². The molecule has 2 aromatic carbocycles. The van der Waals surface area contributed by atoms with Gasteiger partial charge in [-0.3, -0.25) is 0 Å². The third-order valence-corrected chi connectivity index (χ3v) is 4.27. The summed E-state index contributed by atoms with van der Waals surface area (Å²) in [6.45, 7) is 0. The monoisotopic (exact) mass is 327 g/mol. The molecule has 0 aliphatic rings. The van der Waals surface area contributed by atoms with Crippen LogP contribution in [0.15, 0.2) is 46.2 Å². The van der Waals surface area contributed by atoms with Crippen molar-refractivity contribution in [2.24, 2.45) is 0 Å². The number of halogens is 2. The van der Waals surface area contributed by atoms with Crippen molar-refractivity contribution >= 4 is 46.6 Å². The smallest absolute Gasteiger partial charge is 0.339 e. The number of hydrogen-bond acceptors (Lipinski definition) is 4. The molecule has 0 aromatic heterocycles. The highest BCUT2D eigenvalue weighted by Crippen LogP contribution is 2.38. The zero-order chi connectivity index (χ0) is 14.7. The summed E-state index contributed by atoms with van der Waals surface area (Å²) >= 11 is 13.5. The van der Waals surface area contributed by atoms with Gasteiger partial charge in [0.1, 0.15) is 0 Å². The molecule has 0 amide bonds. The summed E-state index contributed by atoms with van der Waals surface area (Å²) < 4.78 is 4.76. The van der Waals surface area contributed by atoms with E-state index < -0.39 is 5.97 Å². The minimum atomic E-state index is -0.483. The number of hydrogen-bond donors (Lipinski definition) is 1. The largest absolute Gasteiger partial charge is 0.465 e. The Morgan fingerprint density at radius 1 is 1.25 bits per heavy atom. The van der Waals surface area contributed by atoms with Crippen LogP contribution in [0.2, 0.25) is 10.0 Å². The molecule has 0 aliphatic carbocycles. The molecule has 3 nitrogen and oxygen atoms in total. The van der Waals surface area contributed by atoms with Crippen molar-refractivity contribution in [2.75, 3.05) is 12.8 Å². The van der Waals surface area contributed by atoms with E-state index in [0.29, 0.717) is 26.2 Å². The van der Waals surface area contributed by atoms with Crippen LogP contribution in [-0.4, -0.2) is 13.1 Å². The van der Waals surface area contributed by atoms with Crippen LogP contribution in [0.25, 0.3) is 0 Å². The quantitative estimate of drug-likeness (QED) is 0.665. The Hall–Kier alpha value is -1.36. The molecule has 20 heavy (non-hydrogen) atoms. The Bertz CT molecular complexity index is 662. The zero-order valence-electron chi connectivity index (χ0n) is 10.5. The molecule has 0 saturated heterocycles. The number of esters is 1. The second-order valence-corrected chi connectivity index (χ2v) is 5.86. The van der Waals surface area contributed by atoms with Crippen LogP contribution in [0.5, 0.6) is 0 Å². The topological polar surface area (TPSA) is 52.3 Å². The Morgan fingerprint density at radius 3 is 2.65 bits per heavy atom. The molecule has 0 unspecified atom stereocenters. The van der Waals surface area contributed by atoms with Crippen LogP contribution in [-0.2, 0) is 4.74 Å². The summed E-state index contributed by atoms with van der Waals surface area (Å²) in [4.78, 5) is 13.3. The molecule has 2 rings (SSSR count). The van der Waals surface area contributed by atoms with Crippen LogP contribution in [0.3, 0.4) is 0 Å². The summed E-state index contributed by atoms with van der Waals surface area (Å²) in [7, 11) is 1.31. The summed E-state index contributed by atoms with van der Waals surface area (Å²) in [6.07, 6.45) is 0. The molecule has 2 aromatic rings. The van der Waals surface area contributed by atoms with Gasteiger partial charge in [-0.05, 0) is 30.3 Å². The minimum Gasteiger partial charge on any atom is -0.465 e. The lowest BCUT2D eigenvalue weighted by molar-refractivity contribution is 0.0597. The number of benzene rings is 2. The average molecular weight is 328 g/mol. The number of anilines is 1. The Labute approximate surface area is 131 Å². The number of carbonyl (C=O) groups is 1. The van der Waals surface area contributed by atoms with Crippen LogP contribution < -0.4 is 5.73 Å². The van der Waals surface area contributed by atoms with E-state index in [1.54, 1.807) is 24.3 Å². The molecule has 0 radical (unpaired) electrons. The number of methoxy groups -OCH3 is 1. The lowest BCUT2D eigenvalue weighted by atomic mass is 10.2. The van der Waals surface area contributed by atoms with E-state index in [1.165, 1.54) is 18.9 Å². The van der Waals surface area contributed by atoms with E-state index in [2.05, 4.69) is 0 Å². The second-order valence-electron chi connectivity index (χ2n) is 3.93. The maximum Gasteiger partial charge on any atom is 0.339 e. The normalized spacial score (nSPS) is 10.3. The van der Waals surface area contributed by atoms with Gasteiger partial charge >= 0.3 is 5.97 Å². The Balaban J connectivity index is 2.47. The first-order valence-corrected chi connectivity index (χ1v) is 7.19. The lowest BCUT2D eigenvalue weighted by Gasteiger charge is -2.11. The van der Waals surface area contributed by atoms with Gasteiger partial charge in [-0.2, -0.15) is 0 Å². The first-order chi connectivity index (χ1) is 9.51. The molecule has 104 valence electrons. The van der Waals surface area contributed by atoms with E-state index in [-0.39, 0.29) is 0 Å². The highest BCUT2D eigenvalue weighted by molar-refractivity contribution is 7.99. The predicted molar refractivity (Wildman–Crippen MR) is 82.8 cm³/mol. The molecule has 0 aliphatic heterocycles. The minimum absolute atomic E-state index is 0.336. The number of rotatable bonds is 3. The molecule has 0 fully saturated rings. The summed E-state index contributed by atoms with van der Waals surface area (Å²) in [5.41, 5.74) is 6.46. The van der Waals surface area contributed by atoms with Gasteiger partial charge in [-0.15, -0.1) is 0 Å². The van der Waals surface area contributed by atoms with Gasteiger partial charge in [-0.1, -0.05) is 41.0 Å². The van der Waals surface area contributed by atoms with E-state index >= 15 is 0 Å². The first-order valence-electron chi connectivity index (χ1n) is 5.62. The molecule has 0 heterocycles. The predicted octanol–water partition coefficient (Wildman–Crippen LogP) is 4.51. The third kappa shape index (κ3) is 3.39. The van der Waals surface area contributed by atoms with Crippen molar-refractivity contribution in [2.45, 2.75) is 9.79 Å². The van der Waals surface area contributed by atoms with E-state index in [1.807, 2.05) is 12.1 Å². The van der Waals surface area contributed by atoms with Gasteiger partial charge in [0.25, 0.3) is 0 Å². The van der Waals surface area contributed by atoms with Gasteiger partial charge in [0.15, 0.2) is 0 Å². The van der Waals surface area contributed by atoms with Crippen molar-refractivity contribution in [3.63, 3.8) is 0 Å². The fraction of sp³-hybridized carbons (Fsp3) is 0.0714. The average Bonchev–Trinajstić information content (AvgIpc) is 2.40. The highest BCUT2D eigenvalue weighted by Gasteiger charge is 2.17. The van der Waals surface area contributed by atoms with E-state index in [4.69, 9.17) is 33.7 Å². The molecule has 0 saturated carbocycles. The molecular weight excluding hydrogens is 317 g/mol. The van der Waals surface area contributed by atoms with Crippen LogP contribution in [0, 0.1) is 0 Å². The summed E-state index contributed by atoms with van der Waals surface area (Å²) in [5.74, 6) is -0.483. The van der Waals surface area contributed by atoms with Gasteiger partial charge in [0.05, 0.1) is 17.7 Å². The third-order valence-electron chi connectivity index (χ3n) is 2.49. The lowest BCUT2D eigenvalue weighted by Crippen LogP contribution is -2.04. The standard InChI is InChI=1S/C14H11Cl2NO2S/c1-19-14(18)11-6-9(17)7-12(16)13(11)20-10-4-2-3-8(15)5-10/h2-7H,17H2,1H3. The maximum atomic E-state index is 11.8. The summed E-state index contributed by atoms with van der Waals surface area (Å²) in [6, 6.07) is 10.4. The van der Waals surface area contributed by atoms with Crippen molar-refractivity contribution in [1.29, 1.82) is 0 Å². The number of nitrogens with two attached hydrogens (primary N) is 1. The fourth-order valence-electron chi connectivity index (χ4n) is 1.63. The second kappa shape index (κ2) is 6.39. The molecule has 0 atom stereocenters. The molecule has 2 N–H and O–H groups in total. The molecular formula is C14H11Cl2NO2S. The van der Waals surface area contributed by atoms with Crippen LogP contribution >= 0.6 is 35.0 Å². The maximum absolute atomic E-state index is 11.8. The first kappa shape index (κ1) is 15.0. The number of nitrogen functional groups attached to an aromatic ring is 1. The zero-order valence-corrected chi connectivity index (χ0v) is 12.9. The van der Waals surface area contributed by atoms with Crippen molar-refractivity contribution in [1.82, 2.24) is 0 Å². The van der Waals surface area contributed by atoms with Gasteiger partial charge in [-0.25, -0.2) is 4.79 Å². The molecule has 0 bridgehead atoms. The Kier molecular flexibility index (Phi) is 4.81. The summed E-state index contributed by atoms with van der Waals surface area (Å²) in [5, 5.41) is 1.01. The Morgan fingerprint density at radius 2 is 2.00 bits per heavy atom. The van der Waals surface area contributed by atoms with Gasteiger partial charge in [0, 0.05) is 20.5 Å². The highest BCUT2D eigenvalue weighted by atomic mass is 35.5. The van der Waals surface area contributed by atoms with Crippen molar-refractivity contribution < 1.29 is 9.53 Å². The van der Waals surface area contributed by atoms with Crippen molar-refractivity contribution in [3.8, 4) is 0 Å². The van der Waals surface area contributed by atoms with Crippen LogP contribution in [0.1, 0.15) is 10.4 Å². The number of ether oxygens (including phenoxy) is 1.